The van der Waals surface area contributed by atoms with Crippen LogP contribution in [0.25, 0.3) is 0 Å². The number of ether oxygens (including phenoxy) is 2. The van der Waals surface area contributed by atoms with Crippen molar-refractivity contribution in [1.29, 1.82) is 0 Å². The van der Waals surface area contributed by atoms with E-state index in [0.717, 1.165) is 31.5 Å². The minimum absolute atomic E-state index is 0.104. The molecule has 0 bridgehead atoms. The van der Waals surface area contributed by atoms with E-state index < -0.39 is 0 Å². The Bertz CT molecular complexity index is 476. The Kier molecular flexibility index (Phi) is 3.27. The van der Waals surface area contributed by atoms with E-state index in [1.807, 2.05) is 0 Å². The molecule has 0 radical (unpaired) electrons. The summed E-state index contributed by atoms with van der Waals surface area (Å²) >= 11 is 0. The van der Waals surface area contributed by atoms with E-state index in [2.05, 4.69) is 31.3 Å². The SMILES string of the molecule is COc1cc(C)c(C)cc1C1(CNC2CC2)COC1. The van der Waals surface area contributed by atoms with Gasteiger partial charge in [0.2, 0.25) is 0 Å². The summed E-state index contributed by atoms with van der Waals surface area (Å²) in [5.41, 5.74) is 4.02. The molecule has 1 N–H and O–H groups in total. The third-order valence-electron chi connectivity index (χ3n) is 4.45. The minimum atomic E-state index is 0.104. The lowest BCUT2D eigenvalue weighted by Gasteiger charge is -2.43. The molecule has 0 atom stereocenters. The van der Waals surface area contributed by atoms with Crippen LogP contribution in [0.2, 0.25) is 0 Å². The Morgan fingerprint density at radius 1 is 1.26 bits per heavy atom. The lowest BCUT2D eigenvalue weighted by molar-refractivity contribution is -0.0600. The summed E-state index contributed by atoms with van der Waals surface area (Å²) in [7, 11) is 1.76. The largest absolute Gasteiger partial charge is 0.496 e. The van der Waals surface area contributed by atoms with Gasteiger partial charge < -0.3 is 14.8 Å². The highest BCUT2D eigenvalue weighted by Crippen LogP contribution is 2.39. The quantitative estimate of drug-likeness (QED) is 0.882. The second-order valence-corrected chi connectivity index (χ2v) is 6.07. The van der Waals surface area contributed by atoms with Gasteiger partial charge in [-0.05, 0) is 43.9 Å². The molecule has 1 aromatic carbocycles. The van der Waals surface area contributed by atoms with Crippen LogP contribution in [-0.4, -0.2) is 32.9 Å². The first kappa shape index (κ1) is 12.9. The van der Waals surface area contributed by atoms with Crippen LogP contribution in [0.15, 0.2) is 12.1 Å². The van der Waals surface area contributed by atoms with E-state index >= 15 is 0 Å². The molecule has 1 heterocycles. The summed E-state index contributed by atoms with van der Waals surface area (Å²) in [5, 5.41) is 3.65. The van der Waals surface area contributed by atoms with Gasteiger partial charge in [0.15, 0.2) is 0 Å². The van der Waals surface area contributed by atoms with Crippen molar-refractivity contribution in [3.05, 3.63) is 28.8 Å². The summed E-state index contributed by atoms with van der Waals surface area (Å²) < 4.78 is 11.1. The molecule has 3 nitrogen and oxygen atoms in total. The molecule has 1 saturated carbocycles. The van der Waals surface area contributed by atoms with E-state index in [-0.39, 0.29) is 5.41 Å². The van der Waals surface area contributed by atoms with Crippen molar-refractivity contribution in [1.82, 2.24) is 5.32 Å². The fourth-order valence-electron chi connectivity index (χ4n) is 2.70. The number of hydrogen-bond acceptors (Lipinski definition) is 3. The topological polar surface area (TPSA) is 30.5 Å². The Hall–Kier alpha value is -1.06. The number of hydrogen-bond donors (Lipinski definition) is 1. The average Bonchev–Trinajstić information content (AvgIpc) is 3.15. The predicted molar refractivity (Wildman–Crippen MR) is 76.0 cm³/mol. The maximum atomic E-state index is 5.60. The van der Waals surface area contributed by atoms with E-state index in [4.69, 9.17) is 9.47 Å². The van der Waals surface area contributed by atoms with Crippen molar-refractivity contribution in [2.24, 2.45) is 0 Å². The highest BCUT2D eigenvalue weighted by Gasteiger charge is 2.43. The molecule has 1 aromatic rings. The number of benzene rings is 1. The van der Waals surface area contributed by atoms with Crippen LogP contribution in [0, 0.1) is 13.8 Å². The van der Waals surface area contributed by atoms with Gasteiger partial charge in [-0.1, -0.05) is 6.07 Å². The maximum absolute atomic E-state index is 5.60. The van der Waals surface area contributed by atoms with Crippen LogP contribution in [0.4, 0.5) is 0 Å². The van der Waals surface area contributed by atoms with Crippen molar-refractivity contribution < 1.29 is 9.47 Å². The summed E-state index contributed by atoms with van der Waals surface area (Å²) in [5.74, 6) is 1.00. The third-order valence-corrected chi connectivity index (χ3v) is 4.45. The molecule has 2 fully saturated rings. The standard InChI is InChI=1S/C16H23NO2/c1-11-6-14(15(18-3)7-12(11)2)16(9-19-10-16)8-17-13-4-5-13/h6-7,13,17H,4-5,8-10H2,1-3H3. The Morgan fingerprint density at radius 3 is 2.47 bits per heavy atom. The van der Waals surface area contributed by atoms with Crippen LogP contribution in [-0.2, 0) is 10.2 Å². The van der Waals surface area contributed by atoms with Gasteiger partial charge in [0.25, 0.3) is 0 Å². The van der Waals surface area contributed by atoms with Crippen LogP contribution in [0.5, 0.6) is 5.75 Å². The predicted octanol–water partition coefficient (Wildman–Crippen LogP) is 2.33. The Morgan fingerprint density at radius 2 is 1.95 bits per heavy atom. The molecular formula is C16H23NO2. The Balaban J connectivity index is 1.90. The third kappa shape index (κ3) is 2.37. The number of aryl methyl sites for hydroxylation is 2. The van der Waals surface area contributed by atoms with Crippen LogP contribution < -0.4 is 10.1 Å². The zero-order chi connectivity index (χ0) is 13.5. The fraction of sp³-hybridized carbons (Fsp3) is 0.625. The first-order chi connectivity index (χ1) is 9.14. The van der Waals surface area contributed by atoms with Crippen molar-refractivity contribution in [3.63, 3.8) is 0 Å². The zero-order valence-electron chi connectivity index (χ0n) is 12.1. The first-order valence-corrected chi connectivity index (χ1v) is 7.11. The fourth-order valence-corrected chi connectivity index (χ4v) is 2.70. The van der Waals surface area contributed by atoms with Gasteiger partial charge in [-0.3, -0.25) is 0 Å². The molecule has 19 heavy (non-hydrogen) atoms. The molecule has 3 heteroatoms. The molecule has 3 rings (SSSR count). The van der Waals surface area contributed by atoms with Crippen molar-refractivity contribution in [2.45, 2.75) is 38.1 Å². The maximum Gasteiger partial charge on any atom is 0.123 e. The summed E-state index contributed by atoms with van der Waals surface area (Å²) in [6.07, 6.45) is 2.64. The van der Waals surface area contributed by atoms with E-state index in [9.17, 15) is 0 Å². The normalized spacial score (nSPS) is 21.0. The second kappa shape index (κ2) is 4.80. The molecule has 0 amide bonds. The monoisotopic (exact) mass is 261 g/mol. The molecular weight excluding hydrogens is 238 g/mol. The molecule has 1 aliphatic heterocycles. The van der Waals surface area contributed by atoms with E-state index in [1.165, 1.54) is 29.5 Å². The van der Waals surface area contributed by atoms with Gasteiger partial charge >= 0.3 is 0 Å². The van der Waals surface area contributed by atoms with Gasteiger partial charge in [0, 0.05) is 18.2 Å². The molecule has 2 aliphatic rings. The van der Waals surface area contributed by atoms with Crippen molar-refractivity contribution in [3.8, 4) is 5.75 Å². The number of methoxy groups -OCH3 is 1. The molecule has 1 aliphatic carbocycles. The molecule has 0 spiro atoms. The smallest absolute Gasteiger partial charge is 0.123 e. The molecule has 0 unspecified atom stereocenters. The van der Waals surface area contributed by atoms with E-state index in [1.54, 1.807) is 7.11 Å². The van der Waals surface area contributed by atoms with Gasteiger partial charge in [-0.15, -0.1) is 0 Å². The van der Waals surface area contributed by atoms with Crippen molar-refractivity contribution in [2.75, 3.05) is 26.9 Å². The van der Waals surface area contributed by atoms with Gasteiger partial charge in [-0.25, -0.2) is 0 Å². The van der Waals surface area contributed by atoms with Crippen molar-refractivity contribution >= 4 is 0 Å². The lowest BCUT2D eigenvalue weighted by Crippen LogP contribution is -2.54. The lowest BCUT2D eigenvalue weighted by atomic mass is 9.77. The number of rotatable bonds is 5. The first-order valence-electron chi connectivity index (χ1n) is 7.11. The molecule has 104 valence electrons. The average molecular weight is 261 g/mol. The van der Waals surface area contributed by atoms with Crippen LogP contribution >= 0.6 is 0 Å². The summed E-state index contributed by atoms with van der Waals surface area (Å²) in [6.45, 7) is 6.89. The number of nitrogens with one attached hydrogen (secondary N) is 1. The second-order valence-electron chi connectivity index (χ2n) is 6.07. The van der Waals surface area contributed by atoms with Gasteiger partial charge in [0.05, 0.1) is 25.7 Å². The minimum Gasteiger partial charge on any atom is -0.496 e. The van der Waals surface area contributed by atoms with Crippen LogP contribution in [0.1, 0.15) is 29.5 Å². The highest BCUT2D eigenvalue weighted by atomic mass is 16.5. The van der Waals surface area contributed by atoms with Gasteiger partial charge in [-0.2, -0.15) is 0 Å². The summed E-state index contributed by atoms with van der Waals surface area (Å²) in [4.78, 5) is 0. The highest BCUT2D eigenvalue weighted by molar-refractivity contribution is 5.47. The molecule has 0 aromatic heterocycles. The molecule has 1 saturated heterocycles. The van der Waals surface area contributed by atoms with Gasteiger partial charge in [0.1, 0.15) is 5.75 Å². The summed E-state index contributed by atoms with van der Waals surface area (Å²) in [6, 6.07) is 5.17. The Labute approximate surface area is 115 Å². The zero-order valence-corrected chi connectivity index (χ0v) is 12.1. The van der Waals surface area contributed by atoms with Crippen LogP contribution in [0.3, 0.4) is 0 Å². The van der Waals surface area contributed by atoms with E-state index in [0.29, 0.717) is 0 Å².